The van der Waals surface area contributed by atoms with Crippen molar-refractivity contribution in [2.24, 2.45) is 10.9 Å². The topological polar surface area (TPSA) is 74.5 Å². The summed E-state index contributed by atoms with van der Waals surface area (Å²) < 4.78 is 2.23. The molecule has 1 saturated heterocycles. The van der Waals surface area contributed by atoms with E-state index < -0.39 is 0 Å². The number of guanidine groups is 1. The molecular formula is C21H33IN6O. The van der Waals surface area contributed by atoms with Crippen molar-refractivity contribution in [3.05, 3.63) is 30.1 Å². The lowest BCUT2D eigenvalue weighted by atomic mass is 9.93. The van der Waals surface area contributed by atoms with Crippen LogP contribution in [-0.4, -0.2) is 59.5 Å². The largest absolute Gasteiger partial charge is 0.359 e. The van der Waals surface area contributed by atoms with Crippen LogP contribution in [0.5, 0.6) is 0 Å². The number of imidazole rings is 1. The van der Waals surface area contributed by atoms with Gasteiger partial charge in [-0.1, -0.05) is 12.1 Å². The SMILES string of the molecule is CCNC(=NCCn1c(C)nc2ccccc21)N1CCC(CC(=O)NC)CC1.I. The third-order valence-corrected chi connectivity index (χ3v) is 5.43. The van der Waals surface area contributed by atoms with Gasteiger partial charge in [0.1, 0.15) is 5.82 Å². The van der Waals surface area contributed by atoms with Gasteiger partial charge in [-0.15, -0.1) is 24.0 Å². The average Bonchev–Trinajstić information content (AvgIpc) is 3.03. The van der Waals surface area contributed by atoms with Gasteiger partial charge >= 0.3 is 0 Å². The van der Waals surface area contributed by atoms with Crippen molar-refractivity contribution in [2.45, 2.75) is 39.7 Å². The molecule has 7 nitrogen and oxygen atoms in total. The number of para-hydroxylation sites is 2. The zero-order valence-electron chi connectivity index (χ0n) is 17.6. The lowest BCUT2D eigenvalue weighted by molar-refractivity contribution is -0.121. The second-order valence-electron chi connectivity index (χ2n) is 7.34. The molecule has 0 unspecified atom stereocenters. The van der Waals surface area contributed by atoms with Crippen molar-refractivity contribution < 1.29 is 4.79 Å². The predicted octanol–water partition coefficient (Wildman–Crippen LogP) is 2.78. The van der Waals surface area contributed by atoms with E-state index >= 15 is 0 Å². The molecular weight excluding hydrogens is 479 g/mol. The van der Waals surface area contributed by atoms with Gasteiger partial charge < -0.3 is 20.1 Å². The Morgan fingerprint density at radius 3 is 2.69 bits per heavy atom. The Bertz CT molecular complexity index is 826. The van der Waals surface area contributed by atoms with Crippen molar-refractivity contribution >= 4 is 46.9 Å². The summed E-state index contributed by atoms with van der Waals surface area (Å²) >= 11 is 0. The Balaban J connectivity index is 0.00000300. The molecule has 0 bridgehead atoms. The van der Waals surface area contributed by atoms with E-state index in [1.165, 1.54) is 0 Å². The molecule has 8 heteroatoms. The second-order valence-corrected chi connectivity index (χ2v) is 7.34. The Kier molecular flexibility index (Phi) is 9.19. The number of likely N-dealkylation sites (tertiary alicyclic amines) is 1. The molecule has 1 aliphatic rings. The van der Waals surface area contributed by atoms with Crippen molar-refractivity contribution in [2.75, 3.05) is 33.2 Å². The number of benzene rings is 1. The lowest BCUT2D eigenvalue weighted by Gasteiger charge is -2.34. The number of aliphatic imine (C=N–C) groups is 1. The standard InChI is InChI=1S/C21H32N6O.HI/c1-4-23-21(26-12-9-17(10-13-26)15-20(28)22-3)24-11-14-27-16(2)25-18-7-5-6-8-19(18)27;/h5-8,17H,4,9-15H2,1-3H3,(H,22,28)(H,23,24);1H. The molecule has 29 heavy (non-hydrogen) atoms. The highest BCUT2D eigenvalue weighted by atomic mass is 127. The van der Waals surface area contributed by atoms with Gasteiger partial charge in [-0.25, -0.2) is 4.98 Å². The normalized spacial score (nSPS) is 15.3. The molecule has 0 atom stereocenters. The van der Waals surface area contributed by atoms with E-state index in [0.717, 1.165) is 61.8 Å². The molecule has 1 fully saturated rings. The van der Waals surface area contributed by atoms with Crippen LogP contribution in [0.25, 0.3) is 11.0 Å². The first-order chi connectivity index (χ1) is 13.6. The summed E-state index contributed by atoms with van der Waals surface area (Å²) in [7, 11) is 1.71. The molecule has 1 aliphatic heterocycles. The maximum absolute atomic E-state index is 11.6. The second kappa shape index (κ2) is 11.4. The van der Waals surface area contributed by atoms with Crippen molar-refractivity contribution in [3.63, 3.8) is 0 Å². The molecule has 0 saturated carbocycles. The minimum absolute atomic E-state index is 0. The molecule has 0 spiro atoms. The number of nitrogens with one attached hydrogen (secondary N) is 2. The molecule has 2 heterocycles. The smallest absolute Gasteiger partial charge is 0.220 e. The number of amides is 1. The Morgan fingerprint density at radius 1 is 1.28 bits per heavy atom. The van der Waals surface area contributed by atoms with Gasteiger partial charge in [-0.05, 0) is 44.7 Å². The Morgan fingerprint density at radius 2 is 2.00 bits per heavy atom. The van der Waals surface area contributed by atoms with E-state index in [0.29, 0.717) is 18.9 Å². The minimum Gasteiger partial charge on any atom is -0.359 e. The minimum atomic E-state index is 0. The van der Waals surface area contributed by atoms with Crippen LogP contribution < -0.4 is 10.6 Å². The van der Waals surface area contributed by atoms with Crippen LogP contribution in [0.3, 0.4) is 0 Å². The Labute approximate surface area is 190 Å². The molecule has 1 aromatic heterocycles. The highest BCUT2D eigenvalue weighted by Crippen LogP contribution is 2.20. The summed E-state index contributed by atoms with van der Waals surface area (Å²) in [6.07, 6.45) is 2.69. The molecule has 2 N–H and O–H groups in total. The fourth-order valence-electron chi connectivity index (χ4n) is 3.87. The first-order valence-corrected chi connectivity index (χ1v) is 10.3. The van der Waals surface area contributed by atoms with Gasteiger partial charge in [0.15, 0.2) is 5.96 Å². The van der Waals surface area contributed by atoms with Crippen molar-refractivity contribution in [1.82, 2.24) is 25.1 Å². The summed E-state index contributed by atoms with van der Waals surface area (Å²) in [5.74, 6) is 2.61. The maximum atomic E-state index is 11.6. The van der Waals surface area contributed by atoms with Crippen LogP contribution in [0.2, 0.25) is 0 Å². The van der Waals surface area contributed by atoms with E-state index in [4.69, 9.17) is 4.99 Å². The van der Waals surface area contributed by atoms with E-state index in [-0.39, 0.29) is 29.9 Å². The maximum Gasteiger partial charge on any atom is 0.220 e. The first kappa shape index (κ1) is 23.4. The average molecular weight is 512 g/mol. The summed E-state index contributed by atoms with van der Waals surface area (Å²) in [5, 5.41) is 6.15. The number of halogens is 1. The summed E-state index contributed by atoms with van der Waals surface area (Å²) in [5.41, 5.74) is 2.20. The summed E-state index contributed by atoms with van der Waals surface area (Å²) in [4.78, 5) is 23.4. The molecule has 1 aromatic carbocycles. The number of hydrogen-bond acceptors (Lipinski definition) is 3. The first-order valence-electron chi connectivity index (χ1n) is 10.3. The van der Waals surface area contributed by atoms with Gasteiger partial charge in [0.2, 0.25) is 5.91 Å². The van der Waals surface area contributed by atoms with Crippen molar-refractivity contribution in [3.8, 4) is 0 Å². The van der Waals surface area contributed by atoms with Crippen LogP contribution >= 0.6 is 24.0 Å². The van der Waals surface area contributed by atoms with Gasteiger partial charge in [-0.3, -0.25) is 9.79 Å². The third-order valence-electron chi connectivity index (χ3n) is 5.43. The quantitative estimate of drug-likeness (QED) is 0.355. The summed E-state index contributed by atoms with van der Waals surface area (Å²) in [6.45, 7) is 8.41. The number of nitrogens with zero attached hydrogens (tertiary/aromatic N) is 4. The third kappa shape index (κ3) is 6.07. The van der Waals surface area contributed by atoms with E-state index in [2.05, 4.69) is 50.2 Å². The molecule has 160 valence electrons. The number of hydrogen-bond donors (Lipinski definition) is 2. The van der Waals surface area contributed by atoms with Crippen molar-refractivity contribution in [1.29, 1.82) is 0 Å². The highest BCUT2D eigenvalue weighted by molar-refractivity contribution is 14.0. The number of aryl methyl sites for hydroxylation is 1. The Hall–Kier alpha value is -1.84. The molecule has 0 radical (unpaired) electrons. The summed E-state index contributed by atoms with van der Waals surface area (Å²) in [6, 6.07) is 8.24. The molecule has 2 aromatic rings. The van der Waals surface area contributed by atoms with Crippen LogP contribution in [0.1, 0.15) is 32.0 Å². The zero-order valence-corrected chi connectivity index (χ0v) is 20.0. The number of rotatable bonds is 6. The van der Waals surface area contributed by atoms with Crippen LogP contribution in [-0.2, 0) is 11.3 Å². The highest BCUT2D eigenvalue weighted by Gasteiger charge is 2.23. The van der Waals surface area contributed by atoms with Crippen LogP contribution in [0, 0.1) is 12.8 Å². The number of aromatic nitrogens is 2. The molecule has 3 rings (SSSR count). The van der Waals surface area contributed by atoms with E-state index in [1.54, 1.807) is 7.05 Å². The number of fused-ring (bicyclic) bond motifs is 1. The van der Waals surface area contributed by atoms with Gasteiger partial charge in [0.05, 0.1) is 17.6 Å². The predicted molar refractivity (Wildman–Crippen MR) is 129 cm³/mol. The molecule has 0 aliphatic carbocycles. The van der Waals surface area contributed by atoms with Crippen LogP contribution in [0.4, 0.5) is 0 Å². The molecule has 1 amide bonds. The van der Waals surface area contributed by atoms with Gasteiger partial charge in [-0.2, -0.15) is 0 Å². The van der Waals surface area contributed by atoms with Gasteiger partial charge in [0.25, 0.3) is 0 Å². The fourth-order valence-corrected chi connectivity index (χ4v) is 3.87. The van der Waals surface area contributed by atoms with Crippen LogP contribution in [0.15, 0.2) is 29.3 Å². The van der Waals surface area contributed by atoms with Gasteiger partial charge in [0, 0.05) is 39.6 Å². The number of piperidine rings is 1. The fraction of sp³-hybridized carbons (Fsp3) is 0.571. The van der Waals surface area contributed by atoms with E-state index in [9.17, 15) is 4.79 Å². The zero-order chi connectivity index (χ0) is 19.9. The number of carbonyl (C=O) groups excluding carboxylic acids is 1. The number of carbonyl (C=O) groups is 1. The monoisotopic (exact) mass is 512 g/mol. The lowest BCUT2D eigenvalue weighted by Crippen LogP contribution is -2.46. The van der Waals surface area contributed by atoms with E-state index in [1.807, 2.05) is 13.0 Å².